The van der Waals surface area contributed by atoms with E-state index in [0.29, 0.717) is 24.7 Å². The number of aliphatic hydroxyl groups is 1. The summed E-state index contributed by atoms with van der Waals surface area (Å²) in [6.45, 7) is 5.06. The van der Waals surface area contributed by atoms with Gasteiger partial charge in [-0.25, -0.2) is 0 Å². The van der Waals surface area contributed by atoms with Gasteiger partial charge in [-0.05, 0) is 28.8 Å². The Hall–Kier alpha value is -4.26. The summed E-state index contributed by atoms with van der Waals surface area (Å²) >= 11 is 0. The third kappa shape index (κ3) is 6.84. The van der Waals surface area contributed by atoms with Crippen molar-refractivity contribution in [3.05, 3.63) is 138 Å². The largest absolute Gasteiger partial charge is 0.491 e. The Morgan fingerprint density at radius 2 is 1.40 bits per heavy atom. The summed E-state index contributed by atoms with van der Waals surface area (Å²) in [5.41, 5.74) is 4.42. The number of aliphatic hydroxyl groups excluding tert-OH is 1. The van der Waals surface area contributed by atoms with Crippen molar-refractivity contribution in [1.29, 1.82) is 0 Å². The maximum absolute atomic E-state index is 10.8. The summed E-state index contributed by atoms with van der Waals surface area (Å²) in [7, 11) is 0. The van der Waals surface area contributed by atoms with Gasteiger partial charge in [-0.3, -0.25) is 0 Å². The monoisotopic (exact) mass is 534 g/mol. The van der Waals surface area contributed by atoms with Crippen LogP contribution in [0.4, 0.5) is 0 Å². The van der Waals surface area contributed by atoms with Crippen LogP contribution in [0.3, 0.4) is 0 Å². The van der Waals surface area contributed by atoms with Crippen LogP contribution in [0.1, 0.15) is 42.5 Å². The third-order valence-corrected chi connectivity index (χ3v) is 7.30. The first-order valence-corrected chi connectivity index (χ1v) is 13.7. The number of rotatable bonds is 12. The highest BCUT2D eigenvalue weighted by Gasteiger charge is 2.25. The van der Waals surface area contributed by atoms with Crippen LogP contribution in [-0.4, -0.2) is 34.5 Å². The van der Waals surface area contributed by atoms with E-state index < -0.39 is 6.10 Å². The summed E-state index contributed by atoms with van der Waals surface area (Å²) in [4.78, 5) is 4.68. The van der Waals surface area contributed by atoms with Crippen LogP contribution in [0.5, 0.6) is 5.75 Å². The fourth-order valence-electron chi connectivity index (χ4n) is 4.80. The summed E-state index contributed by atoms with van der Waals surface area (Å²) in [6.07, 6.45) is 0.0268. The standard InChI is InChI=1S/C34H35N3O3/c1-34(2,27-16-10-5-11-17-27)28-18-20-30(21-19-28)39-24-29(38)23-35-31(22-25-12-6-3-7-13-25)33-36-32(37-40-33)26-14-8-4-9-15-26/h3-21,29,31,35,38H,22-24H2,1-2H3/p+1/t29-,31+/m1/s1. The number of hydrogen-bond donors (Lipinski definition) is 2. The molecule has 4 aromatic carbocycles. The lowest BCUT2D eigenvalue weighted by atomic mass is 9.78. The fourth-order valence-corrected chi connectivity index (χ4v) is 4.80. The highest BCUT2D eigenvalue weighted by atomic mass is 16.5. The molecule has 40 heavy (non-hydrogen) atoms. The summed E-state index contributed by atoms with van der Waals surface area (Å²) < 4.78 is 11.6. The zero-order valence-electron chi connectivity index (χ0n) is 23.0. The van der Waals surface area contributed by atoms with E-state index in [0.717, 1.165) is 16.9 Å². The predicted molar refractivity (Wildman–Crippen MR) is 156 cm³/mol. The van der Waals surface area contributed by atoms with Gasteiger partial charge in [0.1, 0.15) is 25.0 Å². The second-order valence-electron chi connectivity index (χ2n) is 10.6. The van der Waals surface area contributed by atoms with Crippen molar-refractivity contribution in [1.82, 2.24) is 10.1 Å². The van der Waals surface area contributed by atoms with E-state index in [4.69, 9.17) is 9.26 Å². The van der Waals surface area contributed by atoms with Gasteiger partial charge < -0.3 is 19.7 Å². The average molecular weight is 535 g/mol. The molecule has 1 heterocycles. The van der Waals surface area contributed by atoms with Gasteiger partial charge >= 0.3 is 0 Å². The molecule has 0 saturated carbocycles. The molecular formula is C34H36N3O3+. The van der Waals surface area contributed by atoms with Crippen LogP contribution in [0.25, 0.3) is 11.4 Å². The first kappa shape index (κ1) is 27.3. The number of nitrogens with zero attached hydrogens (tertiary/aromatic N) is 2. The molecule has 3 N–H and O–H groups in total. The topological polar surface area (TPSA) is 85.0 Å². The number of nitrogens with two attached hydrogens (primary N) is 1. The molecule has 6 heteroatoms. The van der Waals surface area contributed by atoms with Crippen molar-refractivity contribution >= 4 is 0 Å². The van der Waals surface area contributed by atoms with Gasteiger partial charge in [0.25, 0.3) is 5.89 Å². The Balaban J connectivity index is 1.20. The van der Waals surface area contributed by atoms with Gasteiger partial charge in [0.2, 0.25) is 5.82 Å². The number of ether oxygens (including phenoxy) is 1. The van der Waals surface area contributed by atoms with Crippen LogP contribution in [0, 0.1) is 0 Å². The van der Waals surface area contributed by atoms with Crippen LogP contribution >= 0.6 is 0 Å². The minimum Gasteiger partial charge on any atom is -0.491 e. The molecule has 5 rings (SSSR count). The van der Waals surface area contributed by atoms with E-state index in [1.54, 1.807) is 0 Å². The van der Waals surface area contributed by atoms with Crippen LogP contribution in [0.15, 0.2) is 120 Å². The molecule has 1 aromatic heterocycles. The molecular weight excluding hydrogens is 498 g/mol. The Bertz CT molecular complexity index is 1450. The van der Waals surface area contributed by atoms with E-state index in [1.165, 1.54) is 11.1 Å². The third-order valence-electron chi connectivity index (χ3n) is 7.30. The highest BCUT2D eigenvalue weighted by Crippen LogP contribution is 2.32. The van der Waals surface area contributed by atoms with Crippen molar-refractivity contribution < 1.29 is 19.7 Å². The molecule has 204 valence electrons. The van der Waals surface area contributed by atoms with E-state index in [1.807, 2.05) is 66.7 Å². The van der Waals surface area contributed by atoms with Gasteiger partial charge in [0, 0.05) is 17.4 Å². The molecule has 0 bridgehead atoms. The maximum Gasteiger partial charge on any atom is 0.285 e. The number of aromatic nitrogens is 2. The zero-order chi connectivity index (χ0) is 27.8. The van der Waals surface area contributed by atoms with E-state index in [2.05, 4.69) is 77.8 Å². The highest BCUT2D eigenvalue weighted by molar-refractivity contribution is 5.53. The van der Waals surface area contributed by atoms with E-state index >= 15 is 0 Å². The first-order valence-electron chi connectivity index (χ1n) is 13.7. The lowest BCUT2D eigenvalue weighted by molar-refractivity contribution is -0.703. The van der Waals surface area contributed by atoms with Gasteiger partial charge in [-0.15, -0.1) is 0 Å². The van der Waals surface area contributed by atoms with Crippen molar-refractivity contribution in [3.8, 4) is 17.1 Å². The molecule has 0 fully saturated rings. The van der Waals surface area contributed by atoms with Gasteiger partial charge in [-0.1, -0.05) is 122 Å². The van der Waals surface area contributed by atoms with Crippen molar-refractivity contribution in [2.24, 2.45) is 0 Å². The zero-order valence-corrected chi connectivity index (χ0v) is 23.0. The molecule has 6 nitrogen and oxygen atoms in total. The Labute approximate surface area is 235 Å². The van der Waals surface area contributed by atoms with Gasteiger partial charge in [0.15, 0.2) is 6.04 Å². The van der Waals surface area contributed by atoms with Crippen LogP contribution < -0.4 is 10.1 Å². The number of benzene rings is 4. The molecule has 0 aliphatic heterocycles. The Morgan fingerprint density at radius 3 is 2.08 bits per heavy atom. The minimum absolute atomic E-state index is 0.114. The summed E-state index contributed by atoms with van der Waals surface area (Å²) in [5, 5.41) is 17.0. The second kappa shape index (κ2) is 12.7. The lowest BCUT2D eigenvalue weighted by Gasteiger charge is -2.26. The van der Waals surface area contributed by atoms with E-state index in [9.17, 15) is 5.11 Å². The lowest BCUT2D eigenvalue weighted by Crippen LogP contribution is -2.88. The van der Waals surface area contributed by atoms with E-state index in [-0.39, 0.29) is 18.1 Å². The molecule has 5 aromatic rings. The average Bonchev–Trinajstić information content (AvgIpc) is 3.50. The molecule has 0 unspecified atom stereocenters. The van der Waals surface area contributed by atoms with Gasteiger partial charge in [-0.2, -0.15) is 4.98 Å². The summed E-state index contributed by atoms with van der Waals surface area (Å²) in [6, 6.07) is 38.4. The normalized spacial score (nSPS) is 13.1. The number of quaternary nitrogens is 1. The second-order valence-corrected chi connectivity index (χ2v) is 10.6. The number of hydrogen-bond acceptors (Lipinski definition) is 5. The molecule has 0 aliphatic carbocycles. The van der Waals surface area contributed by atoms with Crippen molar-refractivity contribution in [2.75, 3.05) is 13.2 Å². The predicted octanol–water partition coefficient (Wildman–Crippen LogP) is 5.35. The van der Waals surface area contributed by atoms with Crippen molar-refractivity contribution in [2.45, 2.75) is 37.8 Å². The molecule has 0 amide bonds. The first-order chi connectivity index (χ1) is 19.5. The summed E-state index contributed by atoms with van der Waals surface area (Å²) in [5.74, 6) is 1.83. The maximum atomic E-state index is 10.8. The SMILES string of the molecule is CC(C)(c1ccccc1)c1ccc(OC[C@H](O)C[NH2+][C@@H](Cc2ccccc2)c2nc(-c3ccccc3)no2)cc1. The van der Waals surface area contributed by atoms with Gasteiger partial charge in [0.05, 0.1) is 0 Å². The Morgan fingerprint density at radius 1 is 0.800 bits per heavy atom. The smallest absolute Gasteiger partial charge is 0.285 e. The molecule has 0 aliphatic rings. The van der Waals surface area contributed by atoms with Crippen molar-refractivity contribution in [3.63, 3.8) is 0 Å². The molecule has 0 spiro atoms. The van der Waals surface area contributed by atoms with Crippen LogP contribution in [0.2, 0.25) is 0 Å². The fraction of sp³-hybridized carbons (Fsp3) is 0.235. The molecule has 0 radical (unpaired) electrons. The molecule has 2 atom stereocenters. The Kier molecular flexibility index (Phi) is 8.69. The van der Waals surface area contributed by atoms with Crippen LogP contribution in [-0.2, 0) is 11.8 Å². The molecule has 0 saturated heterocycles. The minimum atomic E-state index is -0.671. The quantitative estimate of drug-likeness (QED) is 0.225.